The molecular formula is C14H18N4. The van der Waals surface area contributed by atoms with Crippen LogP contribution in [0.1, 0.15) is 23.7 Å². The molecule has 0 saturated carbocycles. The fraction of sp³-hybridized carbons (Fsp3) is 0.286. The molecule has 3 N–H and O–H groups in total. The zero-order valence-electron chi connectivity index (χ0n) is 10.8. The summed E-state index contributed by atoms with van der Waals surface area (Å²) in [5.41, 5.74) is 9.04. The van der Waals surface area contributed by atoms with Crippen molar-refractivity contribution in [3.05, 3.63) is 47.2 Å². The molecule has 1 aromatic heterocycles. The van der Waals surface area contributed by atoms with E-state index in [0.717, 1.165) is 24.5 Å². The second-order valence-electron chi connectivity index (χ2n) is 4.28. The van der Waals surface area contributed by atoms with Gasteiger partial charge in [0.2, 0.25) is 5.95 Å². The van der Waals surface area contributed by atoms with Gasteiger partial charge in [-0.05, 0) is 24.5 Å². The summed E-state index contributed by atoms with van der Waals surface area (Å²) in [6.45, 7) is 4.79. The van der Waals surface area contributed by atoms with Crippen LogP contribution in [0, 0.1) is 6.92 Å². The number of benzene rings is 1. The molecule has 2 aromatic rings. The van der Waals surface area contributed by atoms with Crippen LogP contribution in [0.5, 0.6) is 0 Å². The Balaban J connectivity index is 2.01. The molecule has 4 heteroatoms. The van der Waals surface area contributed by atoms with Crippen molar-refractivity contribution < 1.29 is 0 Å². The highest BCUT2D eigenvalue weighted by atomic mass is 15.1. The SMILES string of the molecule is CCc1ccc(CNc2cc(C)nc(N)n2)cc1. The van der Waals surface area contributed by atoms with Crippen LogP contribution in [0.25, 0.3) is 0 Å². The van der Waals surface area contributed by atoms with Crippen molar-refractivity contribution in [2.45, 2.75) is 26.8 Å². The molecule has 0 spiro atoms. The molecule has 0 saturated heterocycles. The Labute approximate surface area is 107 Å². The molecular weight excluding hydrogens is 224 g/mol. The number of nitrogens with two attached hydrogens (primary N) is 1. The molecule has 0 aliphatic carbocycles. The van der Waals surface area contributed by atoms with Gasteiger partial charge in [-0.15, -0.1) is 0 Å². The van der Waals surface area contributed by atoms with E-state index >= 15 is 0 Å². The summed E-state index contributed by atoms with van der Waals surface area (Å²) in [5.74, 6) is 1.07. The number of hydrogen-bond acceptors (Lipinski definition) is 4. The first-order valence-corrected chi connectivity index (χ1v) is 6.10. The summed E-state index contributed by atoms with van der Waals surface area (Å²) < 4.78 is 0. The van der Waals surface area contributed by atoms with E-state index in [9.17, 15) is 0 Å². The van der Waals surface area contributed by atoms with Gasteiger partial charge in [0.25, 0.3) is 0 Å². The molecule has 2 rings (SSSR count). The monoisotopic (exact) mass is 242 g/mol. The molecule has 0 atom stereocenters. The van der Waals surface area contributed by atoms with Crippen molar-refractivity contribution in [2.24, 2.45) is 0 Å². The van der Waals surface area contributed by atoms with Crippen molar-refractivity contribution in [1.29, 1.82) is 0 Å². The molecule has 18 heavy (non-hydrogen) atoms. The van der Waals surface area contributed by atoms with Crippen molar-refractivity contribution >= 4 is 11.8 Å². The first-order chi connectivity index (χ1) is 8.67. The number of hydrogen-bond donors (Lipinski definition) is 2. The zero-order chi connectivity index (χ0) is 13.0. The van der Waals surface area contributed by atoms with E-state index in [4.69, 9.17) is 5.73 Å². The van der Waals surface area contributed by atoms with Crippen LogP contribution in [0.2, 0.25) is 0 Å². The Morgan fingerprint density at radius 1 is 1.11 bits per heavy atom. The Morgan fingerprint density at radius 2 is 1.78 bits per heavy atom. The van der Waals surface area contributed by atoms with Crippen LogP contribution in [0.4, 0.5) is 11.8 Å². The van der Waals surface area contributed by atoms with E-state index in [2.05, 4.69) is 46.5 Å². The van der Waals surface area contributed by atoms with Crippen LogP contribution in [0.3, 0.4) is 0 Å². The standard InChI is InChI=1S/C14H18N4/c1-3-11-4-6-12(7-5-11)9-16-13-8-10(2)17-14(15)18-13/h4-8H,3,9H2,1-2H3,(H3,15,16,17,18). The summed E-state index contributed by atoms with van der Waals surface area (Å²) in [4.78, 5) is 8.18. The van der Waals surface area contributed by atoms with Gasteiger partial charge in [0.05, 0.1) is 0 Å². The van der Waals surface area contributed by atoms with E-state index < -0.39 is 0 Å². The molecule has 0 bridgehead atoms. The van der Waals surface area contributed by atoms with E-state index in [0.29, 0.717) is 5.95 Å². The fourth-order valence-electron chi connectivity index (χ4n) is 1.77. The lowest BCUT2D eigenvalue weighted by Crippen LogP contribution is -2.05. The lowest BCUT2D eigenvalue weighted by Gasteiger charge is -2.07. The second-order valence-corrected chi connectivity index (χ2v) is 4.28. The smallest absolute Gasteiger partial charge is 0.222 e. The zero-order valence-corrected chi connectivity index (χ0v) is 10.8. The Morgan fingerprint density at radius 3 is 2.39 bits per heavy atom. The number of rotatable bonds is 4. The van der Waals surface area contributed by atoms with Crippen LogP contribution in [-0.4, -0.2) is 9.97 Å². The third-order valence-electron chi connectivity index (χ3n) is 2.78. The first kappa shape index (κ1) is 12.4. The van der Waals surface area contributed by atoms with E-state index in [1.807, 2.05) is 13.0 Å². The number of aromatic nitrogens is 2. The molecule has 4 nitrogen and oxygen atoms in total. The highest BCUT2D eigenvalue weighted by Crippen LogP contribution is 2.10. The van der Waals surface area contributed by atoms with Gasteiger partial charge in [0.15, 0.2) is 0 Å². The topological polar surface area (TPSA) is 63.8 Å². The van der Waals surface area contributed by atoms with Crippen LogP contribution in [0.15, 0.2) is 30.3 Å². The molecule has 0 fully saturated rings. The summed E-state index contributed by atoms with van der Waals surface area (Å²) >= 11 is 0. The van der Waals surface area contributed by atoms with Gasteiger partial charge in [-0.3, -0.25) is 0 Å². The summed E-state index contributed by atoms with van der Waals surface area (Å²) in [6, 6.07) is 10.4. The summed E-state index contributed by atoms with van der Waals surface area (Å²) in [5, 5.41) is 3.25. The average molecular weight is 242 g/mol. The molecule has 0 aliphatic heterocycles. The van der Waals surface area contributed by atoms with Crippen molar-refractivity contribution in [1.82, 2.24) is 9.97 Å². The number of nitrogens with one attached hydrogen (secondary N) is 1. The number of nitrogen functional groups attached to an aromatic ring is 1. The van der Waals surface area contributed by atoms with Gasteiger partial charge in [0, 0.05) is 18.3 Å². The average Bonchev–Trinajstić information content (AvgIpc) is 2.36. The van der Waals surface area contributed by atoms with Crippen LogP contribution in [-0.2, 0) is 13.0 Å². The van der Waals surface area contributed by atoms with Crippen LogP contribution >= 0.6 is 0 Å². The predicted molar refractivity (Wildman–Crippen MR) is 74.3 cm³/mol. The van der Waals surface area contributed by atoms with Gasteiger partial charge in [-0.2, -0.15) is 4.98 Å². The maximum absolute atomic E-state index is 5.60. The molecule has 0 aliphatic rings. The van der Waals surface area contributed by atoms with E-state index in [-0.39, 0.29) is 0 Å². The minimum atomic E-state index is 0.304. The van der Waals surface area contributed by atoms with Crippen molar-refractivity contribution in [3.8, 4) is 0 Å². The van der Waals surface area contributed by atoms with Gasteiger partial charge < -0.3 is 11.1 Å². The number of anilines is 2. The third kappa shape index (κ3) is 3.20. The van der Waals surface area contributed by atoms with E-state index in [1.54, 1.807) is 0 Å². The Bertz CT molecular complexity index is 500. The molecule has 1 aromatic carbocycles. The molecule has 0 radical (unpaired) electrons. The van der Waals surface area contributed by atoms with Crippen LogP contribution < -0.4 is 11.1 Å². The van der Waals surface area contributed by atoms with Gasteiger partial charge in [-0.25, -0.2) is 4.98 Å². The molecule has 0 amide bonds. The largest absolute Gasteiger partial charge is 0.368 e. The lowest BCUT2D eigenvalue weighted by atomic mass is 10.1. The minimum Gasteiger partial charge on any atom is -0.368 e. The van der Waals surface area contributed by atoms with Crippen molar-refractivity contribution in [2.75, 3.05) is 11.1 Å². The van der Waals surface area contributed by atoms with Gasteiger partial charge in [-0.1, -0.05) is 31.2 Å². The number of nitrogens with zero attached hydrogens (tertiary/aromatic N) is 2. The highest BCUT2D eigenvalue weighted by molar-refractivity contribution is 5.41. The molecule has 0 unspecified atom stereocenters. The Hall–Kier alpha value is -2.10. The third-order valence-corrected chi connectivity index (χ3v) is 2.78. The second kappa shape index (κ2) is 5.49. The predicted octanol–water partition coefficient (Wildman–Crippen LogP) is 2.54. The Kier molecular flexibility index (Phi) is 3.77. The molecule has 94 valence electrons. The first-order valence-electron chi connectivity index (χ1n) is 6.10. The highest BCUT2D eigenvalue weighted by Gasteiger charge is 1.99. The quantitative estimate of drug-likeness (QED) is 0.864. The molecule has 1 heterocycles. The van der Waals surface area contributed by atoms with Gasteiger partial charge in [0.1, 0.15) is 5.82 Å². The maximum Gasteiger partial charge on any atom is 0.222 e. The normalized spacial score (nSPS) is 10.3. The van der Waals surface area contributed by atoms with E-state index in [1.165, 1.54) is 11.1 Å². The summed E-state index contributed by atoms with van der Waals surface area (Å²) in [6.07, 6.45) is 1.06. The van der Waals surface area contributed by atoms with Gasteiger partial charge >= 0.3 is 0 Å². The van der Waals surface area contributed by atoms with Crippen molar-refractivity contribution in [3.63, 3.8) is 0 Å². The summed E-state index contributed by atoms with van der Waals surface area (Å²) in [7, 11) is 0. The fourth-order valence-corrected chi connectivity index (χ4v) is 1.77. The minimum absolute atomic E-state index is 0.304. The number of aryl methyl sites for hydroxylation is 2. The lowest BCUT2D eigenvalue weighted by molar-refractivity contribution is 1.06. The maximum atomic E-state index is 5.60.